The topological polar surface area (TPSA) is 153 Å². The fourth-order valence-corrected chi connectivity index (χ4v) is 5.76. The van der Waals surface area contributed by atoms with E-state index in [2.05, 4.69) is 14.7 Å². The van der Waals surface area contributed by atoms with Crippen molar-refractivity contribution in [2.24, 2.45) is 0 Å². The Morgan fingerprint density at radius 2 is 1.86 bits per heavy atom. The molecule has 0 fully saturated rings. The minimum atomic E-state index is -2.45. The molecule has 0 amide bonds. The summed E-state index contributed by atoms with van der Waals surface area (Å²) in [5.41, 5.74) is 9.96. The van der Waals surface area contributed by atoms with Gasteiger partial charge in [0.2, 0.25) is 0 Å². The van der Waals surface area contributed by atoms with Gasteiger partial charge in [-0.3, -0.25) is 13.6 Å². The van der Waals surface area contributed by atoms with Gasteiger partial charge in [0.1, 0.15) is 23.6 Å². The van der Waals surface area contributed by atoms with Gasteiger partial charge in [0.05, 0.1) is 22.9 Å². The molecule has 11 nitrogen and oxygen atoms in total. The molecule has 0 spiro atoms. The van der Waals surface area contributed by atoms with E-state index in [9.17, 15) is 13.6 Å². The zero-order valence-corrected chi connectivity index (χ0v) is 24.4. The molecule has 6 rings (SSSR count). The Bertz CT molecular complexity index is 2060. The number of para-hydroxylation sites is 1. The molecule has 0 aliphatic heterocycles. The highest BCUT2D eigenvalue weighted by Gasteiger charge is 2.20. The van der Waals surface area contributed by atoms with Crippen LogP contribution in [-0.4, -0.2) is 40.2 Å². The van der Waals surface area contributed by atoms with Crippen LogP contribution in [0.1, 0.15) is 11.3 Å². The molecule has 0 bridgehead atoms. The second-order valence-corrected chi connectivity index (χ2v) is 10.8. The maximum absolute atomic E-state index is 13.8. The molecular weight excluding hydrogens is 590 g/mol. The van der Waals surface area contributed by atoms with Crippen molar-refractivity contribution in [1.29, 1.82) is 0 Å². The number of benzene rings is 3. The maximum atomic E-state index is 13.8. The number of fused-ring (bicyclic) bond motifs is 2. The first-order chi connectivity index (χ1) is 20.9. The van der Waals surface area contributed by atoms with Gasteiger partial charge >= 0.3 is 0 Å². The third kappa shape index (κ3) is 5.48. The number of nitrogens with two attached hydrogens (primary N) is 1. The third-order valence-electron chi connectivity index (χ3n) is 7.16. The highest BCUT2D eigenvalue weighted by molar-refractivity contribution is 7.77. The van der Waals surface area contributed by atoms with Crippen LogP contribution in [0.2, 0.25) is 5.02 Å². The van der Waals surface area contributed by atoms with Crippen molar-refractivity contribution in [1.82, 2.24) is 29.0 Å². The van der Waals surface area contributed by atoms with Gasteiger partial charge in [-0.05, 0) is 47.9 Å². The van der Waals surface area contributed by atoms with Crippen molar-refractivity contribution in [3.63, 3.8) is 0 Å². The molecule has 3 N–H and O–H groups in total. The van der Waals surface area contributed by atoms with E-state index in [1.54, 1.807) is 27.4 Å². The first-order valence-electron chi connectivity index (χ1n) is 13.2. The molecule has 3 aromatic carbocycles. The van der Waals surface area contributed by atoms with Gasteiger partial charge in [0.25, 0.3) is 5.56 Å². The van der Waals surface area contributed by atoms with Crippen LogP contribution in [0.15, 0.2) is 83.9 Å². The van der Waals surface area contributed by atoms with Gasteiger partial charge in [-0.15, -0.1) is 0 Å². The van der Waals surface area contributed by atoms with Gasteiger partial charge in [0.15, 0.2) is 5.65 Å². The number of pyridine rings is 1. The second kappa shape index (κ2) is 11.9. The first kappa shape index (κ1) is 28.5. The second-order valence-electron chi connectivity index (χ2n) is 9.68. The minimum absolute atomic E-state index is 0.0285. The van der Waals surface area contributed by atoms with Crippen LogP contribution in [0.3, 0.4) is 0 Å². The fourth-order valence-electron chi connectivity index (χ4n) is 5.23. The third-order valence-corrected chi connectivity index (χ3v) is 7.85. The van der Waals surface area contributed by atoms with E-state index in [0.29, 0.717) is 57.0 Å². The smallest absolute Gasteiger partial charge is 0.264 e. The van der Waals surface area contributed by atoms with E-state index in [0.717, 1.165) is 16.8 Å². The summed E-state index contributed by atoms with van der Waals surface area (Å²) in [5, 5.41) is 7.02. The van der Waals surface area contributed by atoms with Crippen LogP contribution in [0, 0.1) is 0 Å². The Morgan fingerprint density at radius 3 is 2.63 bits per heavy atom. The predicted molar refractivity (Wildman–Crippen MR) is 166 cm³/mol. The fraction of sp³-hybridized carbons (Fsp3) is 0.133. The zero-order chi connectivity index (χ0) is 30.1. The molecule has 3 heterocycles. The summed E-state index contributed by atoms with van der Waals surface area (Å²) in [5.74, 6) is 0.772. The summed E-state index contributed by atoms with van der Waals surface area (Å²) >= 11 is 4.01. The van der Waals surface area contributed by atoms with Gasteiger partial charge in [-0.1, -0.05) is 41.9 Å². The van der Waals surface area contributed by atoms with Crippen molar-refractivity contribution < 1.29 is 13.5 Å². The number of hydrogen-bond donors (Lipinski definition) is 2. The quantitative estimate of drug-likeness (QED) is 0.230. The Balaban J connectivity index is 1.44. The predicted octanol–water partition coefficient (Wildman–Crippen LogP) is 4.17. The summed E-state index contributed by atoms with van der Waals surface area (Å²) in [6, 6.07) is 22.1. The lowest BCUT2D eigenvalue weighted by Crippen LogP contribution is -2.23. The van der Waals surface area contributed by atoms with E-state index in [1.807, 2.05) is 54.6 Å². The average Bonchev–Trinajstić information content (AvgIpc) is 3.39. The summed E-state index contributed by atoms with van der Waals surface area (Å²) in [6.45, 7) is 0.395. The van der Waals surface area contributed by atoms with Crippen LogP contribution in [0.5, 0.6) is 5.75 Å². The molecule has 0 aliphatic carbocycles. The minimum Gasteiger partial charge on any atom is -0.760 e. The van der Waals surface area contributed by atoms with Crippen LogP contribution < -0.4 is 20.8 Å². The van der Waals surface area contributed by atoms with Gasteiger partial charge < -0.3 is 15.0 Å². The number of methoxy groups -OCH3 is 1. The van der Waals surface area contributed by atoms with E-state index >= 15 is 0 Å². The summed E-state index contributed by atoms with van der Waals surface area (Å²) in [6.07, 6.45) is 1.81. The number of aromatic nitrogens is 5. The Hall–Kier alpha value is -4.62. The van der Waals surface area contributed by atoms with E-state index in [1.165, 1.54) is 13.4 Å². The number of nitrogens with one attached hydrogen (secondary N) is 1. The lowest BCUT2D eigenvalue weighted by atomic mass is 10.1. The van der Waals surface area contributed by atoms with Crippen molar-refractivity contribution >= 4 is 50.5 Å². The van der Waals surface area contributed by atoms with E-state index < -0.39 is 11.3 Å². The Labute approximate surface area is 253 Å². The van der Waals surface area contributed by atoms with E-state index in [4.69, 9.17) is 27.2 Å². The van der Waals surface area contributed by atoms with Crippen LogP contribution in [-0.2, 0) is 30.8 Å². The summed E-state index contributed by atoms with van der Waals surface area (Å²) < 4.78 is 33.5. The molecule has 3 aromatic heterocycles. The number of anilines is 1. The van der Waals surface area contributed by atoms with Crippen molar-refractivity contribution in [2.75, 3.05) is 12.8 Å². The van der Waals surface area contributed by atoms with Crippen molar-refractivity contribution in [3.8, 4) is 22.7 Å². The summed E-state index contributed by atoms with van der Waals surface area (Å²) in [4.78, 5) is 22.4. The average molecular weight is 615 g/mol. The molecule has 1 atom stereocenters. The monoisotopic (exact) mass is 614 g/mol. The Kier molecular flexibility index (Phi) is 7.91. The molecule has 0 aliphatic rings. The number of rotatable bonds is 9. The number of hydrogen-bond acceptors (Lipinski definition) is 8. The molecule has 0 saturated heterocycles. The normalized spacial score (nSPS) is 12.2. The van der Waals surface area contributed by atoms with Crippen molar-refractivity contribution in [3.05, 3.63) is 106 Å². The van der Waals surface area contributed by atoms with Gasteiger partial charge in [0, 0.05) is 53.3 Å². The standard InChI is InChI=1S/C30H26ClN7O4S/c1-42-24-11-10-19(14-20(24)16-35-43(40)41)27-26-28(32)33-17-34-29(26)37(36-27)13-12-22-15-18-6-5-9-23(31)25(18)30(39)38(22)21-7-3-2-4-8-21/h2-11,14-15,17,35H,12-13,16H2,1H3,(H,40,41)(H2,32,33,34)/p-1. The molecule has 6 aromatic rings. The van der Waals surface area contributed by atoms with Gasteiger partial charge in [-0.2, -0.15) is 5.10 Å². The molecule has 1 unspecified atom stereocenters. The molecular formula is C30H25ClN7O4S-. The van der Waals surface area contributed by atoms with Crippen LogP contribution >= 0.6 is 11.6 Å². The maximum Gasteiger partial charge on any atom is 0.264 e. The van der Waals surface area contributed by atoms with Gasteiger partial charge in [-0.25, -0.2) is 19.4 Å². The number of aryl methyl sites for hydroxylation is 2. The number of ether oxygens (including phenoxy) is 1. The molecule has 13 heteroatoms. The highest BCUT2D eigenvalue weighted by atomic mass is 35.5. The molecule has 218 valence electrons. The number of halogens is 1. The van der Waals surface area contributed by atoms with Crippen LogP contribution in [0.25, 0.3) is 38.8 Å². The summed E-state index contributed by atoms with van der Waals surface area (Å²) in [7, 11) is 1.51. The van der Waals surface area contributed by atoms with E-state index in [-0.39, 0.29) is 17.9 Å². The Morgan fingerprint density at radius 1 is 1.05 bits per heavy atom. The number of nitrogen functional groups attached to an aromatic ring is 1. The largest absolute Gasteiger partial charge is 0.760 e. The molecule has 0 saturated carbocycles. The SMILES string of the molecule is COc1ccc(-c2nn(CCc3cc4cccc(Cl)c4c(=O)n3-c3ccccc3)c3ncnc(N)c23)cc1CNS(=O)[O-]. The molecule has 0 radical (unpaired) electrons. The molecule has 43 heavy (non-hydrogen) atoms. The first-order valence-corrected chi connectivity index (χ1v) is 14.7. The lowest BCUT2D eigenvalue weighted by molar-refractivity contribution is 0.409. The van der Waals surface area contributed by atoms with Crippen LogP contribution in [0.4, 0.5) is 5.82 Å². The van der Waals surface area contributed by atoms with Crippen molar-refractivity contribution in [2.45, 2.75) is 19.5 Å². The zero-order valence-electron chi connectivity index (χ0n) is 22.9. The number of nitrogens with zero attached hydrogens (tertiary/aromatic N) is 5. The lowest BCUT2D eigenvalue weighted by Gasteiger charge is -2.15. The highest BCUT2D eigenvalue weighted by Crippen LogP contribution is 2.33.